The monoisotopic (exact) mass is 308 g/mol. The first-order valence-electron chi connectivity index (χ1n) is 6.72. The van der Waals surface area contributed by atoms with Crippen LogP contribution in [0.25, 0.3) is 0 Å². The third-order valence-corrected chi connectivity index (χ3v) is 4.44. The zero-order chi connectivity index (χ0) is 15.3. The number of H-pyrrole nitrogens is 1. The first kappa shape index (κ1) is 15.7. The number of rotatable bonds is 7. The molecule has 0 saturated carbocycles. The van der Waals surface area contributed by atoms with Crippen molar-refractivity contribution in [2.24, 2.45) is 0 Å². The van der Waals surface area contributed by atoms with Gasteiger partial charge in [0.2, 0.25) is 10.0 Å². The van der Waals surface area contributed by atoms with E-state index >= 15 is 0 Å². The molecule has 114 valence electrons. The highest BCUT2D eigenvalue weighted by Crippen LogP contribution is 2.12. The largest absolute Gasteiger partial charge is 0.347 e. The minimum absolute atomic E-state index is 0.0460. The summed E-state index contributed by atoms with van der Waals surface area (Å²) in [6.45, 7) is 2.47. The molecule has 0 aliphatic rings. The van der Waals surface area contributed by atoms with Crippen molar-refractivity contribution >= 4 is 10.0 Å². The quantitative estimate of drug-likeness (QED) is 0.720. The first-order chi connectivity index (χ1) is 10.00. The molecular weight excluding hydrogens is 288 g/mol. The van der Waals surface area contributed by atoms with E-state index in [-0.39, 0.29) is 11.8 Å². The van der Waals surface area contributed by atoms with Gasteiger partial charge in [0.25, 0.3) is 0 Å². The SMILES string of the molecule is CNCc1cccc(CS(=O)(=O)NC(C)c2ncc[nH]2)c1. The predicted molar refractivity (Wildman–Crippen MR) is 82.0 cm³/mol. The molecule has 0 spiro atoms. The lowest BCUT2D eigenvalue weighted by Gasteiger charge is -2.12. The third kappa shape index (κ3) is 4.66. The van der Waals surface area contributed by atoms with Gasteiger partial charge in [-0.25, -0.2) is 18.1 Å². The normalized spacial score (nSPS) is 13.2. The summed E-state index contributed by atoms with van der Waals surface area (Å²) >= 11 is 0. The zero-order valence-electron chi connectivity index (χ0n) is 12.1. The molecule has 0 aliphatic carbocycles. The standard InChI is InChI=1S/C14H20N4O2S/c1-11(14-16-6-7-17-14)18-21(19,20)10-13-5-3-4-12(8-13)9-15-2/h3-8,11,15,18H,9-10H2,1-2H3,(H,16,17). The molecule has 0 amide bonds. The lowest BCUT2D eigenvalue weighted by Crippen LogP contribution is -2.28. The number of nitrogens with zero attached hydrogens (tertiary/aromatic N) is 1. The molecular formula is C14H20N4O2S. The van der Waals surface area contributed by atoms with E-state index in [1.54, 1.807) is 19.3 Å². The van der Waals surface area contributed by atoms with E-state index in [2.05, 4.69) is 20.0 Å². The number of benzene rings is 1. The molecule has 6 nitrogen and oxygen atoms in total. The number of hydrogen-bond donors (Lipinski definition) is 3. The number of hydrogen-bond acceptors (Lipinski definition) is 4. The zero-order valence-corrected chi connectivity index (χ0v) is 12.9. The molecule has 1 atom stereocenters. The van der Waals surface area contributed by atoms with Gasteiger partial charge in [-0.15, -0.1) is 0 Å². The van der Waals surface area contributed by atoms with Crippen molar-refractivity contribution in [3.05, 3.63) is 53.6 Å². The molecule has 3 N–H and O–H groups in total. The highest BCUT2D eigenvalue weighted by molar-refractivity contribution is 7.88. The molecule has 0 fully saturated rings. The fourth-order valence-corrected chi connectivity index (χ4v) is 3.49. The van der Waals surface area contributed by atoms with E-state index in [0.29, 0.717) is 12.4 Å². The van der Waals surface area contributed by atoms with Crippen LogP contribution in [0.1, 0.15) is 29.9 Å². The van der Waals surface area contributed by atoms with E-state index in [9.17, 15) is 8.42 Å². The summed E-state index contributed by atoms with van der Waals surface area (Å²) in [5, 5.41) is 3.05. The minimum atomic E-state index is -3.42. The van der Waals surface area contributed by atoms with Gasteiger partial charge in [0.1, 0.15) is 5.82 Å². The molecule has 2 rings (SSSR count). The third-order valence-electron chi connectivity index (χ3n) is 3.01. The van der Waals surface area contributed by atoms with Crippen LogP contribution >= 0.6 is 0 Å². The molecule has 1 unspecified atom stereocenters. The Morgan fingerprint density at radius 2 is 2.10 bits per heavy atom. The van der Waals surface area contributed by atoms with E-state index in [4.69, 9.17) is 0 Å². The van der Waals surface area contributed by atoms with Crippen molar-refractivity contribution in [2.45, 2.75) is 25.3 Å². The van der Waals surface area contributed by atoms with Gasteiger partial charge in [0.15, 0.2) is 0 Å². The average Bonchev–Trinajstić information content (AvgIpc) is 2.92. The molecule has 1 aromatic heterocycles. The van der Waals surface area contributed by atoms with Crippen LogP contribution < -0.4 is 10.0 Å². The molecule has 2 aromatic rings. The molecule has 7 heteroatoms. The summed E-state index contributed by atoms with van der Waals surface area (Å²) < 4.78 is 27.0. The number of nitrogens with one attached hydrogen (secondary N) is 3. The van der Waals surface area contributed by atoms with Crippen LogP contribution in [0.15, 0.2) is 36.7 Å². The van der Waals surface area contributed by atoms with Crippen molar-refractivity contribution in [2.75, 3.05) is 7.05 Å². The second-order valence-electron chi connectivity index (χ2n) is 4.92. The van der Waals surface area contributed by atoms with Crippen molar-refractivity contribution in [3.63, 3.8) is 0 Å². The van der Waals surface area contributed by atoms with E-state index in [1.165, 1.54) is 0 Å². The molecule has 0 bridgehead atoms. The van der Waals surface area contributed by atoms with Crippen LogP contribution in [0.3, 0.4) is 0 Å². The molecule has 21 heavy (non-hydrogen) atoms. The Bertz CT molecular complexity index is 668. The molecule has 0 aliphatic heterocycles. The average molecular weight is 308 g/mol. The number of sulfonamides is 1. The molecule has 1 aromatic carbocycles. The fourth-order valence-electron chi connectivity index (χ4n) is 2.13. The first-order valence-corrected chi connectivity index (χ1v) is 8.37. The van der Waals surface area contributed by atoms with Crippen LogP contribution in [0.4, 0.5) is 0 Å². The van der Waals surface area contributed by atoms with Crippen LogP contribution in [0, 0.1) is 0 Å². The Hall–Kier alpha value is -1.70. The van der Waals surface area contributed by atoms with Crippen molar-refractivity contribution in [3.8, 4) is 0 Å². The van der Waals surface area contributed by atoms with E-state index in [1.807, 2.05) is 31.3 Å². The Kier molecular flexibility index (Phi) is 5.11. The maximum Gasteiger partial charge on any atom is 0.216 e. The van der Waals surface area contributed by atoms with Gasteiger partial charge < -0.3 is 10.3 Å². The number of aromatic amines is 1. The second kappa shape index (κ2) is 6.84. The lowest BCUT2D eigenvalue weighted by atomic mass is 10.1. The van der Waals surface area contributed by atoms with Crippen molar-refractivity contribution in [1.29, 1.82) is 0 Å². The lowest BCUT2D eigenvalue weighted by molar-refractivity contribution is 0.560. The van der Waals surface area contributed by atoms with Gasteiger partial charge in [0.05, 0.1) is 11.8 Å². The fraction of sp³-hybridized carbons (Fsp3) is 0.357. The van der Waals surface area contributed by atoms with Crippen LogP contribution in [-0.4, -0.2) is 25.4 Å². The van der Waals surface area contributed by atoms with Crippen molar-refractivity contribution < 1.29 is 8.42 Å². The van der Waals surface area contributed by atoms with E-state index < -0.39 is 10.0 Å². The van der Waals surface area contributed by atoms with Crippen molar-refractivity contribution in [1.82, 2.24) is 20.0 Å². The Morgan fingerprint density at radius 3 is 2.76 bits per heavy atom. The Morgan fingerprint density at radius 1 is 1.33 bits per heavy atom. The van der Waals surface area contributed by atoms with E-state index in [0.717, 1.165) is 11.1 Å². The Labute approximate surface area is 125 Å². The molecule has 0 radical (unpaired) electrons. The summed E-state index contributed by atoms with van der Waals surface area (Å²) in [5.41, 5.74) is 1.83. The van der Waals surface area contributed by atoms with Gasteiger partial charge in [-0.2, -0.15) is 0 Å². The van der Waals surface area contributed by atoms with Gasteiger partial charge in [-0.3, -0.25) is 0 Å². The second-order valence-corrected chi connectivity index (χ2v) is 6.68. The van der Waals surface area contributed by atoms with Gasteiger partial charge >= 0.3 is 0 Å². The minimum Gasteiger partial charge on any atom is -0.347 e. The highest BCUT2D eigenvalue weighted by Gasteiger charge is 2.18. The summed E-state index contributed by atoms with van der Waals surface area (Å²) in [7, 11) is -1.56. The smallest absolute Gasteiger partial charge is 0.216 e. The van der Waals surface area contributed by atoms with Crippen LogP contribution in [0.5, 0.6) is 0 Å². The van der Waals surface area contributed by atoms with Gasteiger partial charge in [-0.1, -0.05) is 24.3 Å². The van der Waals surface area contributed by atoms with Crippen LogP contribution in [-0.2, 0) is 22.3 Å². The maximum absolute atomic E-state index is 12.2. The summed E-state index contributed by atoms with van der Waals surface area (Å²) in [5.74, 6) is 0.554. The van der Waals surface area contributed by atoms with Crippen LogP contribution in [0.2, 0.25) is 0 Å². The number of imidazole rings is 1. The van der Waals surface area contributed by atoms with Gasteiger partial charge in [0, 0.05) is 18.9 Å². The summed E-state index contributed by atoms with van der Waals surface area (Å²) in [6, 6.07) is 7.16. The predicted octanol–water partition coefficient (Wildman–Crippen LogP) is 1.31. The molecule has 1 heterocycles. The highest BCUT2D eigenvalue weighted by atomic mass is 32.2. The maximum atomic E-state index is 12.2. The number of aromatic nitrogens is 2. The topological polar surface area (TPSA) is 86.9 Å². The van der Waals surface area contributed by atoms with Gasteiger partial charge in [-0.05, 0) is 25.1 Å². The summed E-state index contributed by atoms with van der Waals surface area (Å²) in [4.78, 5) is 6.96. The molecule has 0 saturated heterocycles. The summed E-state index contributed by atoms with van der Waals surface area (Å²) in [6.07, 6.45) is 3.27. The Balaban J connectivity index is 2.05.